The Bertz CT molecular complexity index is 340. The number of carboxylic acids is 1. The summed E-state index contributed by atoms with van der Waals surface area (Å²) in [5.74, 6) is -3.07. The first-order valence-corrected chi connectivity index (χ1v) is 3.80. The molecule has 6 nitrogen and oxygen atoms in total. The van der Waals surface area contributed by atoms with Crippen LogP contribution in [0.1, 0.15) is 13.3 Å². The van der Waals surface area contributed by atoms with Crippen molar-refractivity contribution in [1.82, 2.24) is 0 Å². The maximum Gasteiger partial charge on any atom is 0.345 e. The lowest BCUT2D eigenvalue weighted by molar-refractivity contribution is -0.151. The molecule has 0 saturated carbocycles. The van der Waals surface area contributed by atoms with Crippen LogP contribution in [0.2, 0.25) is 0 Å². The van der Waals surface area contributed by atoms with Gasteiger partial charge in [0, 0.05) is 5.57 Å². The van der Waals surface area contributed by atoms with Gasteiger partial charge in [-0.1, -0.05) is 0 Å². The molecule has 0 spiro atoms. The summed E-state index contributed by atoms with van der Waals surface area (Å²) in [7, 11) is 0. The van der Waals surface area contributed by atoms with Crippen molar-refractivity contribution in [3.63, 3.8) is 0 Å². The van der Waals surface area contributed by atoms with Crippen LogP contribution in [0.25, 0.3) is 0 Å². The largest absolute Gasteiger partial charge is 0.481 e. The first-order chi connectivity index (χ1) is 6.43. The van der Waals surface area contributed by atoms with Gasteiger partial charge in [-0.05, 0) is 6.92 Å². The first-order valence-electron chi connectivity index (χ1n) is 3.80. The number of carbonyl (C=O) groups excluding carboxylic acids is 2. The molecule has 0 bridgehead atoms. The summed E-state index contributed by atoms with van der Waals surface area (Å²) in [5, 5.41) is 17.6. The summed E-state index contributed by atoms with van der Waals surface area (Å²) in [4.78, 5) is 32.0. The third kappa shape index (κ3) is 1.80. The second-order valence-electron chi connectivity index (χ2n) is 2.83. The summed E-state index contributed by atoms with van der Waals surface area (Å²) in [6.07, 6.45) is -2.12. The Kier molecular flexibility index (Phi) is 2.66. The van der Waals surface area contributed by atoms with Gasteiger partial charge < -0.3 is 14.9 Å². The third-order valence-electron chi connectivity index (χ3n) is 1.82. The molecule has 0 aromatic heterocycles. The highest BCUT2D eigenvalue weighted by molar-refractivity contribution is 6.12. The van der Waals surface area contributed by atoms with E-state index in [1.165, 1.54) is 6.92 Å². The van der Waals surface area contributed by atoms with Gasteiger partial charge in [0.15, 0.2) is 0 Å². The Morgan fingerprint density at radius 3 is 2.36 bits per heavy atom. The third-order valence-corrected chi connectivity index (χ3v) is 1.82. The molecule has 0 unspecified atom stereocenters. The van der Waals surface area contributed by atoms with Gasteiger partial charge >= 0.3 is 17.9 Å². The molecule has 0 saturated heterocycles. The van der Waals surface area contributed by atoms with Crippen LogP contribution in [0, 0.1) is 0 Å². The van der Waals surface area contributed by atoms with Gasteiger partial charge in [0.05, 0.1) is 18.1 Å². The zero-order valence-electron chi connectivity index (χ0n) is 7.31. The average Bonchev–Trinajstić information content (AvgIpc) is 2.25. The number of rotatable bonds is 3. The van der Waals surface area contributed by atoms with E-state index in [1.807, 2.05) is 0 Å². The lowest BCUT2D eigenvalue weighted by Gasteiger charge is -2.05. The first kappa shape index (κ1) is 10.4. The van der Waals surface area contributed by atoms with E-state index in [4.69, 9.17) is 5.11 Å². The molecule has 1 aliphatic heterocycles. The van der Waals surface area contributed by atoms with Gasteiger partial charge in [-0.2, -0.15) is 0 Å². The molecule has 1 heterocycles. The number of aliphatic hydroxyl groups excluding tert-OH is 1. The number of hydrogen-bond acceptors (Lipinski definition) is 5. The maximum absolute atomic E-state index is 11.0. The van der Waals surface area contributed by atoms with E-state index in [9.17, 15) is 19.5 Å². The molecule has 76 valence electrons. The van der Waals surface area contributed by atoms with Crippen LogP contribution in [-0.4, -0.2) is 34.2 Å². The predicted octanol–water partition coefficient (Wildman–Crippen LogP) is -0.778. The maximum atomic E-state index is 11.0. The zero-order valence-corrected chi connectivity index (χ0v) is 7.31. The van der Waals surface area contributed by atoms with E-state index in [2.05, 4.69) is 4.74 Å². The Labute approximate surface area is 78.8 Å². The molecule has 0 radical (unpaired) electrons. The van der Waals surface area contributed by atoms with E-state index in [0.29, 0.717) is 0 Å². The summed E-state index contributed by atoms with van der Waals surface area (Å²) < 4.78 is 4.18. The molecule has 1 aliphatic rings. The van der Waals surface area contributed by atoms with Crippen molar-refractivity contribution in [1.29, 1.82) is 0 Å². The summed E-state index contributed by atoms with van der Waals surface area (Å²) in [6, 6.07) is 0. The van der Waals surface area contributed by atoms with E-state index < -0.39 is 30.4 Å². The lowest BCUT2D eigenvalue weighted by atomic mass is 10.0. The standard InChI is InChI=1S/C8H8O6/c1-3-6(4(9)2-5(10)11)8(13)14-7(3)12/h4,9H,2H2,1H3,(H,10,11)/t4-/m1/s1. The molecular weight excluding hydrogens is 192 g/mol. The van der Waals surface area contributed by atoms with Crippen molar-refractivity contribution in [3.05, 3.63) is 11.1 Å². The highest BCUT2D eigenvalue weighted by atomic mass is 16.6. The molecule has 0 amide bonds. The van der Waals surface area contributed by atoms with Gasteiger partial charge in [0.25, 0.3) is 0 Å². The monoisotopic (exact) mass is 200 g/mol. The number of aliphatic hydroxyl groups is 1. The van der Waals surface area contributed by atoms with Gasteiger partial charge in [0.1, 0.15) is 0 Å². The predicted molar refractivity (Wildman–Crippen MR) is 42.1 cm³/mol. The van der Waals surface area contributed by atoms with E-state index >= 15 is 0 Å². The molecule has 1 atom stereocenters. The van der Waals surface area contributed by atoms with E-state index in [-0.39, 0.29) is 11.1 Å². The van der Waals surface area contributed by atoms with Crippen molar-refractivity contribution in [2.75, 3.05) is 0 Å². The number of carboxylic acid groups (broad SMARTS) is 1. The number of hydrogen-bond donors (Lipinski definition) is 2. The molecule has 14 heavy (non-hydrogen) atoms. The Morgan fingerprint density at radius 1 is 1.43 bits per heavy atom. The fourth-order valence-electron chi connectivity index (χ4n) is 1.13. The molecule has 1 rings (SSSR count). The molecule has 2 N–H and O–H groups in total. The minimum absolute atomic E-state index is 0.0382. The minimum Gasteiger partial charge on any atom is -0.481 e. The summed E-state index contributed by atoms with van der Waals surface area (Å²) in [5.41, 5.74) is -0.304. The van der Waals surface area contributed by atoms with Crippen LogP contribution in [0.4, 0.5) is 0 Å². The van der Waals surface area contributed by atoms with Crippen molar-refractivity contribution < 1.29 is 29.3 Å². The summed E-state index contributed by atoms with van der Waals surface area (Å²) in [6.45, 7) is 1.30. The Balaban J connectivity index is 2.91. The molecule has 0 aromatic rings. The number of esters is 2. The van der Waals surface area contributed by atoms with Gasteiger partial charge in [-0.25, -0.2) is 9.59 Å². The second kappa shape index (κ2) is 3.59. The topological polar surface area (TPSA) is 101 Å². The average molecular weight is 200 g/mol. The van der Waals surface area contributed by atoms with Gasteiger partial charge in [-0.3, -0.25) is 4.79 Å². The molecule has 0 aromatic carbocycles. The van der Waals surface area contributed by atoms with E-state index in [1.54, 1.807) is 0 Å². The number of cyclic esters (lactones) is 2. The van der Waals surface area contributed by atoms with Gasteiger partial charge in [-0.15, -0.1) is 0 Å². The van der Waals surface area contributed by atoms with Crippen LogP contribution >= 0.6 is 0 Å². The van der Waals surface area contributed by atoms with Crippen molar-refractivity contribution >= 4 is 17.9 Å². The number of aliphatic carboxylic acids is 1. The van der Waals surface area contributed by atoms with E-state index in [0.717, 1.165) is 0 Å². The number of carbonyl (C=O) groups is 3. The zero-order chi connectivity index (χ0) is 10.9. The molecule has 0 aliphatic carbocycles. The van der Waals surface area contributed by atoms with Crippen LogP contribution in [0.15, 0.2) is 11.1 Å². The molecule has 0 fully saturated rings. The van der Waals surface area contributed by atoms with Crippen molar-refractivity contribution in [2.45, 2.75) is 19.4 Å². The fraction of sp³-hybridized carbons (Fsp3) is 0.375. The van der Waals surface area contributed by atoms with Crippen molar-refractivity contribution in [3.8, 4) is 0 Å². The second-order valence-corrected chi connectivity index (χ2v) is 2.83. The Morgan fingerprint density at radius 2 is 2.00 bits per heavy atom. The number of ether oxygens (including phenoxy) is 1. The SMILES string of the molecule is CC1=C([C@H](O)CC(=O)O)C(=O)OC1=O. The fourth-order valence-corrected chi connectivity index (χ4v) is 1.13. The highest BCUT2D eigenvalue weighted by Crippen LogP contribution is 2.21. The van der Waals surface area contributed by atoms with Crippen LogP contribution in [0.3, 0.4) is 0 Å². The quantitative estimate of drug-likeness (QED) is 0.458. The molecule has 6 heteroatoms. The smallest absolute Gasteiger partial charge is 0.345 e. The summed E-state index contributed by atoms with van der Waals surface area (Å²) >= 11 is 0. The Hall–Kier alpha value is -1.69. The van der Waals surface area contributed by atoms with Crippen LogP contribution in [-0.2, 0) is 19.1 Å². The molecular formula is C8H8O6. The van der Waals surface area contributed by atoms with Crippen molar-refractivity contribution in [2.24, 2.45) is 0 Å². The van der Waals surface area contributed by atoms with Gasteiger partial charge in [0.2, 0.25) is 0 Å². The van der Waals surface area contributed by atoms with Crippen LogP contribution in [0.5, 0.6) is 0 Å². The minimum atomic E-state index is -1.49. The lowest BCUT2D eigenvalue weighted by Crippen LogP contribution is -2.20. The highest BCUT2D eigenvalue weighted by Gasteiger charge is 2.35. The van der Waals surface area contributed by atoms with Crippen LogP contribution < -0.4 is 0 Å². The normalized spacial score (nSPS) is 18.4.